The molecule has 0 heterocycles. The molecule has 1 nitrogen and oxygen atoms in total. The van der Waals surface area contributed by atoms with Crippen LogP contribution in [0.15, 0.2) is 66.7 Å². The average molecular weight is 470 g/mol. The molecule has 1 heteroatoms. The van der Waals surface area contributed by atoms with Gasteiger partial charge in [0.05, 0.1) is 0 Å². The molecule has 0 aliphatic heterocycles. The van der Waals surface area contributed by atoms with Crippen LogP contribution in [0.25, 0.3) is 0 Å². The van der Waals surface area contributed by atoms with Crippen LogP contribution in [0, 0.1) is 0 Å². The topological polar surface area (TPSA) is 3.24 Å². The highest BCUT2D eigenvalue weighted by molar-refractivity contribution is 5.78. The number of rotatable bonds is 3. The largest absolute Gasteiger partial charge is 0.310 e. The lowest BCUT2D eigenvalue weighted by Crippen LogP contribution is -2.21. The molecule has 3 aromatic carbocycles. The van der Waals surface area contributed by atoms with Gasteiger partial charge in [0, 0.05) is 17.1 Å². The molecule has 0 radical (unpaired) electrons. The van der Waals surface area contributed by atoms with E-state index in [-0.39, 0.29) is 21.7 Å². The molecule has 188 valence electrons. The van der Waals surface area contributed by atoms with E-state index in [1.807, 2.05) is 0 Å². The second kappa shape index (κ2) is 9.16. The van der Waals surface area contributed by atoms with Gasteiger partial charge < -0.3 is 4.90 Å². The summed E-state index contributed by atoms with van der Waals surface area (Å²) in [6, 6.07) is 25.2. The second-order valence-electron chi connectivity index (χ2n) is 14.2. The third kappa shape index (κ3) is 6.37. The van der Waals surface area contributed by atoms with Crippen LogP contribution in [0.1, 0.15) is 105 Å². The molecule has 0 unspecified atom stereocenters. The molecule has 0 N–H and O–H groups in total. The van der Waals surface area contributed by atoms with Crippen LogP contribution in [-0.4, -0.2) is 0 Å². The highest BCUT2D eigenvalue weighted by atomic mass is 15.1. The molecule has 0 saturated heterocycles. The Balaban J connectivity index is 2.40. The maximum Gasteiger partial charge on any atom is 0.0467 e. The van der Waals surface area contributed by atoms with E-state index in [1.165, 1.54) is 39.3 Å². The van der Waals surface area contributed by atoms with Crippen molar-refractivity contribution in [3.63, 3.8) is 0 Å². The molecule has 0 atom stereocenters. The van der Waals surface area contributed by atoms with Gasteiger partial charge in [-0.25, -0.2) is 0 Å². The predicted octanol–water partition coefficient (Wildman–Crippen LogP) is 10.3. The molecule has 0 aliphatic rings. The summed E-state index contributed by atoms with van der Waals surface area (Å²) in [6.45, 7) is 27.7. The number of hydrogen-bond donors (Lipinski definition) is 0. The van der Waals surface area contributed by atoms with E-state index in [0.717, 1.165) is 0 Å². The monoisotopic (exact) mass is 469 g/mol. The normalized spacial score (nSPS) is 13.1. The van der Waals surface area contributed by atoms with Gasteiger partial charge in [0.1, 0.15) is 0 Å². The average Bonchev–Trinajstić information content (AvgIpc) is 2.72. The van der Waals surface area contributed by atoms with Crippen LogP contribution in [0.5, 0.6) is 0 Å². The van der Waals surface area contributed by atoms with Crippen molar-refractivity contribution in [1.82, 2.24) is 0 Å². The zero-order valence-corrected chi connectivity index (χ0v) is 24.3. The fraction of sp³-hybridized carbons (Fsp3) is 0.471. The number of para-hydroxylation sites is 1. The Bertz CT molecular complexity index is 1020. The van der Waals surface area contributed by atoms with E-state index < -0.39 is 0 Å². The molecule has 3 rings (SSSR count). The molecule has 0 spiro atoms. The first-order chi connectivity index (χ1) is 15.9. The van der Waals surface area contributed by atoms with Crippen LogP contribution < -0.4 is 4.90 Å². The van der Waals surface area contributed by atoms with Crippen molar-refractivity contribution in [3.05, 3.63) is 89.0 Å². The van der Waals surface area contributed by atoms with E-state index in [2.05, 4.69) is 155 Å². The zero-order valence-electron chi connectivity index (χ0n) is 24.3. The van der Waals surface area contributed by atoms with Crippen molar-refractivity contribution in [2.75, 3.05) is 4.90 Å². The SMILES string of the molecule is CC(C)(C)c1cc(N(c2ccccc2)c2cc(C(C)(C)C)cc(C(C)(C)C)c2)cc(C(C)(C)C)c1. The minimum absolute atomic E-state index is 0.0577. The van der Waals surface area contributed by atoms with Crippen LogP contribution in [0.4, 0.5) is 17.1 Å². The Morgan fingerprint density at radius 2 is 0.657 bits per heavy atom. The van der Waals surface area contributed by atoms with Gasteiger partial charge in [0.25, 0.3) is 0 Å². The van der Waals surface area contributed by atoms with Crippen molar-refractivity contribution in [1.29, 1.82) is 0 Å². The second-order valence-corrected chi connectivity index (χ2v) is 14.2. The molecule has 0 bridgehead atoms. The molecule has 0 aliphatic carbocycles. The Hall–Kier alpha value is -2.54. The van der Waals surface area contributed by atoms with E-state index in [4.69, 9.17) is 0 Å². The fourth-order valence-corrected chi connectivity index (χ4v) is 4.24. The number of anilines is 3. The van der Waals surface area contributed by atoms with Crippen LogP contribution in [-0.2, 0) is 21.7 Å². The molecule has 0 saturated carbocycles. The maximum absolute atomic E-state index is 2.45. The molecular formula is C34H47N. The maximum atomic E-state index is 2.45. The van der Waals surface area contributed by atoms with Crippen molar-refractivity contribution in [2.45, 2.75) is 105 Å². The predicted molar refractivity (Wildman–Crippen MR) is 156 cm³/mol. The number of nitrogens with zero attached hydrogens (tertiary/aromatic N) is 1. The van der Waals surface area contributed by atoms with E-state index in [0.29, 0.717) is 0 Å². The fourth-order valence-electron chi connectivity index (χ4n) is 4.24. The van der Waals surface area contributed by atoms with E-state index >= 15 is 0 Å². The van der Waals surface area contributed by atoms with Crippen LogP contribution >= 0.6 is 0 Å². The van der Waals surface area contributed by atoms with Gasteiger partial charge >= 0.3 is 0 Å². The Morgan fingerprint density at radius 1 is 0.371 bits per heavy atom. The summed E-state index contributed by atoms with van der Waals surface area (Å²) < 4.78 is 0. The Kier molecular flexibility index (Phi) is 7.08. The Labute approximate surface area is 215 Å². The highest BCUT2D eigenvalue weighted by Crippen LogP contribution is 2.42. The molecule has 0 fully saturated rings. The summed E-state index contributed by atoms with van der Waals surface area (Å²) in [5.41, 5.74) is 9.32. The summed E-state index contributed by atoms with van der Waals surface area (Å²) in [4.78, 5) is 2.45. The molecule has 0 amide bonds. The van der Waals surface area contributed by atoms with Gasteiger partial charge in [-0.05, 0) is 80.3 Å². The molecule has 35 heavy (non-hydrogen) atoms. The first kappa shape index (κ1) is 27.1. The van der Waals surface area contributed by atoms with Gasteiger partial charge in [-0.2, -0.15) is 0 Å². The Morgan fingerprint density at radius 3 is 0.914 bits per heavy atom. The summed E-state index contributed by atoms with van der Waals surface area (Å²) in [7, 11) is 0. The van der Waals surface area contributed by atoms with Crippen molar-refractivity contribution >= 4 is 17.1 Å². The molecule has 0 aromatic heterocycles. The van der Waals surface area contributed by atoms with Gasteiger partial charge in [-0.1, -0.05) is 113 Å². The van der Waals surface area contributed by atoms with Crippen molar-refractivity contribution in [2.24, 2.45) is 0 Å². The van der Waals surface area contributed by atoms with E-state index in [1.54, 1.807) is 0 Å². The number of hydrogen-bond acceptors (Lipinski definition) is 1. The lowest BCUT2D eigenvalue weighted by atomic mass is 9.79. The van der Waals surface area contributed by atoms with Crippen LogP contribution in [0.2, 0.25) is 0 Å². The van der Waals surface area contributed by atoms with Gasteiger partial charge in [0.15, 0.2) is 0 Å². The van der Waals surface area contributed by atoms with Gasteiger partial charge in [-0.15, -0.1) is 0 Å². The zero-order chi connectivity index (χ0) is 26.4. The third-order valence-corrected chi connectivity index (χ3v) is 6.83. The van der Waals surface area contributed by atoms with Gasteiger partial charge in [-0.3, -0.25) is 0 Å². The number of benzene rings is 3. The van der Waals surface area contributed by atoms with Gasteiger partial charge in [0.2, 0.25) is 0 Å². The molecule has 3 aromatic rings. The first-order valence-corrected chi connectivity index (χ1v) is 13.0. The molecular weight excluding hydrogens is 422 g/mol. The summed E-state index contributed by atoms with van der Waals surface area (Å²) >= 11 is 0. The standard InChI is InChI=1S/C34H47N/c1-31(2,3)24-18-25(32(4,5)6)21-29(20-24)35(28-16-14-13-15-17-28)30-22-26(33(7,8)9)19-27(23-30)34(10,11)12/h13-23H,1-12H3. The third-order valence-electron chi connectivity index (χ3n) is 6.83. The van der Waals surface area contributed by atoms with Crippen molar-refractivity contribution in [3.8, 4) is 0 Å². The smallest absolute Gasteiger partial charge is 0.0467 e. The van der Waals surface area contributed by atoms with E-state index in [9.17, 15) is 0 Å². The minimum atomic E-state index is 0.0577. The summed E-state index contributed by atoms with van der Waals surface area (Å²) in [6.07, 6.45) is 0. The lowest BCUT2D eigenvalue weighted by molar-refractivity contribution is 0.568. The highest BCUT2D eigenvalue weighted by Gasteiger charge is 2.26. The van der Waals surface area contributed by atoms with Crippen molar-refractivity contribution < 1.29 is 0 Å². The lowest BCUT2D eigenvalue weighted by Gasteiger charge is -2.33. The van der Waals surface area contributed by atoms with Crippen LogP contribution in [0.3, 0.4) is 0 Å². The summed E-state index contributed by atoms with van der Waals surface area (Å²) in [5, 5.41) is 0. The summed E-state index contributed by atoms with van der Waals surface area (Å²) in [5.74, 6) is 0. The minimum Gasteiger partial charge on any atom is -0.310 e. The first-order valence-electron chi connectivity index (χ1n) is 13.0. The quantitative estimate of drug-likeness (QED) is 0.369.